The van der Waals surface area contributed by atoms with E-state index in [2.05, 4.69) is 126 Å². The van der Waals surface area contributed by atoms with Gasteiger partial charge in [-0.25, -0.2) is 9.78 Å². The largest absolute Gasteiger partial charge is 0.508 e. The lowest BCUT2D eigenvalue weighted by molar-refractivity contribution is -0.400. The van der Waals surface area contributed by atoms with Crippen molar-refractivity contribution >= 4 is 38.6 Å². The fourth-order valence-electron chi connectivity index (χ4n) is 24.9. The third kappa shape index (κ3) is 9.59. The van der Waals surface area contributed by atoms with Gasteiger partial charge in [-0.05, 0) is 218 Å². The van der Waals surface area contributed by atoms with Crippen molar-refractivity contribution in [2.45, 2.75) is 176 Å². The molecule has 4 spiro atoms. The van der Waals surface area contributed by atoms with E-state index in [9.17, 15) is 35.7 Å². The van der Waals surface area contributed by atoms with Crippen molar-refractivity contribution in [2.75, 3.05) is 13.2 Å². The van der Waals surface area contributed by atoms with E-state index in [1.165, 1.54) is 46.5 Å². The zero-order valence-electron chi connectivity index (χ0n) is 59.7. The molecule has 9 aliphatic heterocycles. The Labute approximate surface area is 609 Å². The molecular formula is C88H94N4O13. The molecule has 5 aromatic carbocycles. The van der Waals surface area contributed by atoms with Gasteiger partial charge in [0.05, 0.1) is 28.5 Å². The quantitative estimate of drug-likeness (QED) is 0.0427. The fourth-order valence-corrected chi connectivity index (χ4v) is 24.9. The summed E-state index contributed by atoms with van der Waals surface area (Å²) in [7, 11) is 0. The van der Waals surface area contributed by atoms with Gasteiger partial charge in [-0.3, -0.25) is 9.59 Å². The number of ether oxygens (including phenoxy) is 1. The first kappa shape index (κ1) is 66.3. The van der Waals surface area contributed by atoms with Crippen molar-refractivity contribution in [1.82, 2.24) is 20.2 Å². The van der Waals surface area contributed by atoms with Gasteiger partial charge in [0.2, 0.25) is 5.91 Å². The monoisotopic (exact) mass is 1410 g/mol. The highest BCUT2D eigenvalue weighted by molar-refractivity contribution is 5.94. The fraction of sp³-hybridized carbons (Fsp3) is 0.477. The van der Waals surface area contributed by atoms with Gasteiger partial charge in [0.15, 0.2) is 22.4 Å². The lowest BCUT2D eigenvalue weighted by Gasteiger charge is -2.69. The molecule has 544 valence electrons. The second kappa shape index (κ2) is 23.9. The maximum absolute atomic E-state index is 16.2. The van der Waals surface area contributed by atoms with Gasteiger partial charge < -0.3 is 65.1 Å². The van der Waals surface area contributed by atoms with Crippen molar-refractivity contribution in [3.05, 3.63) is 212 Å². The van der Waals surface area contributed by atoms with E-state index in [-0.39, 0.29) is 76.2 Å². The number of carbonyl (C=O) groups excluding carboxylic acids is 1. The van der Waals surface area contributed by atoms with Crippen LogP contribution in [0, 0.1) is 76.9 Å². The number of aromatic amines is 1. The number of fused-ring (bicyclic) bond motifs is 5. The number of H-pyrrole nitrogens is 1. The molecule has 22 atom stereocenters. The van der Waals surface area contributed by atoms with Crippen LogP contribution in [0.25, 0.3) is 38.3 Å². The molecule has 21 aliphatic rings. The molecule has 3 aromatic heterocycles. The van der Waals surface area contributed by atoms with Crippen LogP contribution in [-0.4, -0.2) is 118 Å². The van der Waals surface area contributed by atoms with Crippen LogP contribution >= 0.6 is 0 Å². The second-order valence-electron chi connectivity index (χ2n) is 34.3. The Morgan fingerprint density at radius 2 is 1.68 bits per heavy atom. The van der Waals surface area contributed by atoms with Crippen molar-refractivity contribution < 1.29 is 59.5 Å². The first-order valence-corrected chi connectivity index (χ1v) is 39.0. The molecule has 3 saturated carbocycles. The zero-order valence-corrected chi connectivity index (χ0v) is 59.7. The average Bonchev–Trinajstić information content (AvgIpc) is 1.64. The number of aromatic hydroxyl groups is 2. The van der Waals surface area contributed by atoms with Crippen LogP contribution in [-0.2, 0) is 53.1 Å². The predicted molar refractivity (Wildman–Crippen MR) is 397 cm³/mol. The molecule has 105 heavy (non-hydrogen) atoms. The Hall–Kier alpha value is -8.10. The number of benzene rings is 5. The number of allylic oxidation sites excluding steroid dienone is 3. The van der Waals surface area contributed by atoms with Crippen molar-refractivity contribution in [3.63, 3.8) is 0 Å². The predicted octanol–water partition coefficient (Wildman–Crippen LogP) is 11.6. The molecular weight excluding hydrogens is 1320 g/mol. The summed E-state index contributed by atoms with van der Waals surface area (Å²) in [6.45, 7) is 5.81. The van der Waals surface area contributed by atoms with Crippen LogP contribution in [0.15, 0.2) is 161 Å². The Kier molecular flexibility index (Phi) is 15.1. The lowest BCUT2D eigenvalue weighted by Crippen LogP contribution is -2.79. The van der Waals surface area contributed by atoms with Gasteiger partial charge in [0.25, 0.3) is 0 Å². The third-order valence-electron chi connectivity index (χ3n) is 29.2. The number of hydrogen-bond acceptors (Lipinski definition) is 14. The maximum atomic E-state index is 16.2. The van der Waals surface area contributed by atoms with Crippen molar-refractivity contribution in [3.8, 4) is 22.9 Å². The first-order chi connectivity index (χ1) is 50.8. The number of amides is 1. The van der Waals surface area contributed by atoms with Gasteiger partial charge in [-0.15, -0.1) is 0 Å². The van der Waals surface area contributed by atoms with E-state index in [1.807, 2.05) is 13.0 Å². The Morgan fingerprint density at radius 1 is 0.810 bits per heavy atom. The number of phenolic OH excluding ortho intramolecular Hbond substituents is 2. The molecule has 17 nitrogen and oxygen atoms in total. The molecule has 29 rings (SSSR count). The Balaban J connectivity index is 0.898. The minimum atomic E-state index is -2.65. The number of nitrogens with one attached hydrogen (secondary N) is 3. The number of phenols is 2. The summed E-state index contributed by atoms with van der Waals surface area (Å²) in [6, 6.07) is 31.6. The number of carbonyl (C=O) groups is 1. The molecule has 0 radical (unpaired) electrons. The van der Waals surface area contributed by atoms with Crippen LogP contribution < -0.4 is 20.8 Å². The Morgan fingerprint density at radius 3 is 2.50 bits per heavy atom. The van der Waals surface area contributed by atoms with E-state index in [0.717, 1.165) is 92.1 Å². The highest BCUT2D eigenvalue weighted by Crippen LogP contribution is 2.70. The number of aliphatic hydroxyl groups excluding tert-OH is 4. The van der Waals surface area contributed by atoms with E-state index in [0.29, 0.717) is 93.6 Å². The van der Waals surface area contributed by atoms with E-state index < -0.39 is 77.5 Å². The number of hydrogen-bond donors (Lipinski definition) is 10. The van der Waals surface area contributed by atoms with Gasteiger partial charge >= 0.3 is 0 Å². The van der Waals surface area contributed by atoms with E-state index in [1.54, 1.807) is 18.2 Å². The zero-order chi connectivity index (χ0) is 71.5. The normalized spacial score (nSPS) is 35.6. The molecule has 2 saturated heterocycles. The summed E-state index contributed by atoms with van der Waals surface area (Å²) >= 11 is 0. The molecule has 10 N–H and O–H groups in total. The number of nitrogens with zero attached hydrogens (tertiary/aromatic N) is 1. The van der Waals surface area contributed by atoms with Crippen molar-refractivity contribution in [2.24, 2.45) is 70.0 Å². The number of piperidine rings is 1. The summed E-state index contributed by atoms with van der Waals surface area (Å²) in [6.07, 6.45) is 19.8. The molecule has 12 heterocycles. The van der Waals surface area contributed by atoms with Crippen molar-refractivity contribution in [1.29, 1.82) is 0 Å². The van der Waals surface area contributed by atoms with Crippen LogP contribution in [0.5, 0.6) is 17.2 Å². The summed E-state index contributed by atoms with van der Waals surface area (Å²) in [5, 5.41) is 94.2. The maximum Gasteiger partial charge on any atom is 0.226 e. The molecule has 12 aliphatic carbocycles. The standard InChI is InChI=1S/C88H94N4O13/c1-4-49-33-68-77-57(49)17-19-64-61(77)31-51-12-11-47(30-53(51)29-46-9-7-6-8-10-46)28-48-38-84-25-23-50(24-26-84)67-37-62-69(90-67)42-92(70(62)5-2)78-80-54(32-63-72(96)27-45(3)102-81(63)78)34-76-88(103-80)65-35-55(87(64,91-68)74(88)21-18-59(65)66-41-89-83(100)85(66,39-48)44-84)14-22-75(104-105-76)86(101,82(99)79(98)73(97)43-93)40-52-13-20-71(95)58-16-15-56(94)36-60(52)58/h6-16,18,20-23,25,27,30,32,35-37,42,48-50,57,59,61,64-66,68,73-77,79,82,90-91,93-95,97-99,101H,4-5,17,19,24,26,28-29,31,33-34,38-41,43-44H2,1-3H3,(H,89,100). The SMILES string of the molecule is CCc1c2cc3[nH]c2cn1-c1c2c(cc4c(=O)cc(C)oc14)CC1OOC(C(O)(Cc4ccc(O)c5ccc(O)cc45)C(O)C(O)C(O)CO)C=CC4=CC5C6C=CC(C47NC4CC(CC)C8CCC7C(Cc7ccc(cc7Cc7ccccc7)CC7CC9(C=CC3CC9)CC3(C7)C(=O)NCC63)C48)C15O2. The van der Waals surface area contributed by atoms with E-state index >= 15 is 9.59 Å². The minimum Gasteiger partial charge on any atom is -0.508 e. The minimum absolute atomic E-state index is 0.0314. The second-order valence-corrected chi connectivity index (χ2v) is 34.3. The first-order valence-electron chi connectivity index (χ1n) is 39.0. The smallest absolute Gasteiger partial charge is 0.226 e. The number of aromatic nitrogens is 2. The molecule has 8 aromatic rings. The number of aryl methyl sites for hydroxylation is 2. The van der Waals surface area contributed by atoms with Crippen LogP contribution in [0.1, 0.15) is 128 Å². The number of rotatable bonds is 11. The molecule has 22 unspecified atom stereocenters. The summed E-state index contributed by atoms with van der Waals surface area (Å²) in [5.41, 5.74) is 4.70. The van der Waals surface area contributed by atoms with E-state index in [4.69, 9.17) is 24.2 Å². The lowest BCUT2D eigenvalue weighted by atomic mass is 9.42. The van der Waals surface area contributed by atoms with Gasteiger partial charge in [-0.1, -0.05) is 111 Å². The summed E-state index contributed by atoms with van der Waals surface area (Å²) in [5.74, 6) is 0.630. The Bertz CT molecular complexity index is 5110. The van der Waals surface area contributed by atoms with Crippen LogP contribution in [0.3, 0.4) is 0 Å². The molecule has 5 fully saturated rings. The van der Waals surface area contributed by atoms with Gasteiger partial charge in [-0.2, -0.15) is 0 Å². The molecule has 17 heteroatoms. The topological polar surface area (TPSA) is 261 Å². The van der Waals surface area contributed by atoms with Crippen LogP contribution in [0.2, 0.25) is 0 Å². The summed E-state index contributed by atoms with van der Waals surface area (Å²) < 4.78 is 18.0. The highest BCUT2D eigenvalue weighted by atomic mass is 17.2. The molecule has 1 amide bonds. The third-order valence-corrected chi connectivity index (χ3v) is 29.2. The van der Waals surface area contributed by atoms with Crippen LogP contribution in [0.4, 0.5) is 0 Å². The van der Waals surface area contributed by atoms with Gasteiger partial charge in [0.1, 0.15) is 59.1 Å². The average molecular weight is 1420 g/mol. The molecule has 20 bridgehead atoms. The van der Waals surface area contributed by atoms with Gasteiger partial charge in [0, 0.05) is 83.2 Å². The summed E-state index contributed by atoms with van der Waals surface area (Å²) in [4.78, 5) is 49.9. The highest BCUT2D eigenvalue weighted by Gasteiger charge is 2.75. The number of aliphatic hydroxyl groups is 5.